The van der Waals surface area contributed by atoms with Crippen molar-refractivity contribution in [2.75, 3.05) is 24.5 Å². The number of likely N-dealkylation sites (tertiary alicyclic amines) is 1. The molecule has 1 aromatic carbocycles. The molecule has 1 aliphatic heterocycles. The molecule has 0 unspecified atom stereocenters. The summed E-state index contributed by atoms with van der Waals surface area (Å²) < 4.78 is 0. The van der Waals surface area contributed by atoms with Gasteiger partial charge in [0.1, 0.15) is 6.54 Å². The summed E-state index contributed by atoms with van der Waals surface area (Å²) in [5.41, 5.74) is 3.02. The second kappa shape index (κ2) is 6.07. The summed E-state index contributed by atoms with van der Waals surface area (Å²) in [5, 5.41) is 0. The van der Waals surface area contributed by atoms with E-state index in [2.05, 4.69) is 0 Å². The lowest BCUT2D eigenvalue weighted by Crippen LogP contribution is -2.41. The van der Waals surface area contributed by atoms with E-state index >= 15 is 0 Å². The summed E-state index contributed by atoms with van der Waals surface area (Å²) in [4.78, 5) is 27.6. The summed E-state index contributed by atoms with van der Waals surface area (Å²) in [6.45, 7) is 7.29. The molecule has 0 bridgehead atoms. The van der Waals surface area contributed by atoms with Crippen LogP contribution in [0, 0.1) is 13.8 Å². The van der Waals surface area contributed by atoms with Crippen molar-refractivity contribution in [1.29, 1.82) is 0 Å². The van der Waals surface area contributed by atoms with Gasteiger partial charge in [-0.1, -0.05) is 12.1 Å². The first kappa shape index (κ1) is 14.6. The molecule has 1 aromatic rings. The molecule has 0 N–H and O–H groups in total. The summed E-state index contributed by atoms with van der Waals surface area (Å²) in [7, 11) is 0. The van der Waals surface area contributed by atoms with Crippen molar-refractivity contribution < 1.29 is 9.59 Å². The summed E-state index contributed by atoms with van der Waals surface area (Å²) in [5.74, 6) is -0.0511. The SMILES string of the molecule is CC(=O)N(CC(=O)N1CCCC1)c1cccc(C)c1C. The molecule has 1 heterocycles. The zero-order valence-electron chi connectivity index (χ0n) is 12.5. The minimum atomic E-state index is -0.0914. The Morgan fingerprint density at radius 2 is 1.85 bits per heavy atom. The maximum absolute atomic E-state index is 12.3. The van der Waals surface area contributed by atoms with Crippen LogP contribution in [0.5, 0.6) is 0 Å². The number of hydrogen-bond donors (Lipinski definition) is 0. The van der Waals surface area contributed by atoms with Gasteiger partial charge in [0.15, 0.2) is 0 Å². The summed E-state index contributed by atoms with van der Waals surface area (Å²) in [6, 6.07) is 5.84. The molecular formula is C16H22N2O2. The Hall–Kier alpha value is -1.84. The van der Waals surface area contributed by atoms with E-state index in [1.165, 1.54) is 6.92 Å². The molecule has 1 aliphatic rings. The van der Waals surface area contributed by atoms with Crippen molar-refractivity contribution in [3.63, 3.8) is 0 Å². The van der Waals surface area contributed by atoms with Crippen LogP contribution in [-0.4, -0.2) is 36.3 Å². The van der Waals surface area contributed by atoms with Gasteiger partial charge in [-0.25, -0.2) is 0 Å². The molecule has 4 nitrogen and oxygen atoms in total. The van der Waals surface area contributed by atoms with Crippen molar-refractivity contribution in [3.05, 3.63) is 29.3 Å². The monoisotopic (exact) mass is 274 g/mol. The molecule has 2 rings (SSSR count). The lowest BCUT2D eigenvalue weighted by Gasteiger charge is -2.26. The molecule has 0 atom stereocenters. The fourth-order valence-corrected chi connectivity index (χ4v) is 2.60. The zero-order chi connectivity index (χ0) is 14.7. The molecule has 0 spiro atoms. The number of anilines is 1. The van der Waals surface area contributed by atoms with Gasteiger partial charge in [-0.15, -0.1) is 0 Å². The molecule has 1 fully saturated rings. The third-order valence-electron chi connectivity index (χ3n) is 4.00. The first-order valence-electron chi connectivity index (χ1n) is 7.13. The molecule has 2 amide bonds. The van der Waals surface area contributed by atoms with Gasteiger partial charge >= 0.3 is 0 Å². The lowest BCUT2D eigenvalue weighted by atomic mass is 10.1. The van der Waals surface area contributed by atoms with Crippen molar-refractivity contribution in [1.82, 2.24) is 4.90 Å². The van der Waals surface area contributed by atoms with Crippen LogP contribution < -0.4 is 4.90 Å². The molecular weight excluding hydrogens is 252 g/mol. The summed E-state index contributed by atoms with van der Waals surface area (Å²) >= 11 is 0. The third kappa shape index (κ3) is 3.00. The molecule has 108 valence electrons. The zero-order valence-corrected chi connectivity index (χ0v) is 12.5. The molecule has 4 heteroatoms. The first-order valence-corrected chi connectivity index (χ1v) is 7.13. The highest BCUT2D eigenvalue weighted by Gasteiger charge is 2.23. The normalized spacial score (nSPS) is 14.4. The van der Waals surface area contributed by atoms with E-state index in [-0.39, 0.29) is 18.4 Å². The largest absolute Gasteiger partial charge is 0.341 e. The van der Waals surface area contributed by atoms with E-state index in [4.69, 9.17) is 0 Å². The van der Waals surface area contributed by atoms with E-state index in [0.717, 1.165) is 42.7 Å². The number of carbonyl (C=O) groups is 2. The highest BCUT2D eigenvalue weighted by Crippen LogP contribution is 2.23. The Morgan fingerprint density at radius 1 is 1.20 bits per heavy atom. The number of hydrogen-bond acceptors (Lipinski definition) is 2. The van der Waals surface area contributed by atoms with Crippen LogP contribution in [0.4, 0.5) is 5.69 Å². The number of benzene rings is 1. The smallest absolute Gasteiger partial charge is 0.242 e. The number of nitrogens with zero attached hydrogens (tertiary/aromatic N) is 2. The maximum atomic E-state index is 12.3. The van der Waals surface area contributed by atoms with E-state index in [1.54, 1.807) is 4.90 Å². The highest BCUT2D eigenvalue weighted by molar-refractivity contribution is 5.98. The third-order valence-corrected chi connectivity index (χ3v) is 4.00. The summed E-state index contributed by atoms with van der Waals surface area (Å²) in [6.07, 6.45) is 2.13. The van der Waals surface area contributed by atoms with Crippen LogP contribution in [0.15, 0.2) is 18.2 Å². The molecule has 20 heavy (non-hydrogen) atoms. The fraction of sp³-hybridized carbons (Fsp3) is 0.500. The van der Waals surface area contributed by atoms with Gasteiger partial charge in [0.2, 0.25) is 11.8 Å². The Labute approximate surface area is 120 Å². The van der Waals surface area contributed by atoms with E-state index in [0.29, 0.717) is 0 Å². The Balaban J connectivity index is 2.21. The van der Waals surface area contributed by atoms with Crippen molar-refractivity contribution >= 4 is 17.5 Å². The van der Waals surface area contributed by atoms with Gasteiger partial charge < -0.3 is 9.80 Å². The van der Waals surface area contributed by atoms with Gasteiger partial charge in [-0.05, 0) is 43.9 Å². The Morgan fingerprint density at radius 3 is 2.45 bits per heavy atom. The maximum Gasteiger partial charge on any atom is 0.242 e. The van der Waals surface area contributed by atoms with Crippen molar-refractivity contribution in [2.24, 2.45) is 0 Å². The molecule has 0 aromatic heterocycles. The van der Waals surface area contributed by atoms with Gasteiger partial charge in [-0.3, -0.25) is 9.59 Å². The van der Waals surface area contributed by atoms with Crippen LogP contribution in [0.3, 0.4) is 0 Å². The first-order chi connectivity index (χ1) is 9.50. The van der Waals surface area contributed by atoms with Crippen LogP contribution in [0.1, 0.15) is 30.9 Å². The number of rotatable bonds is 3. The molecule has 0 aliphatic carbocycles. The van der Waals surface area contributed by atoms with Crippen LogP contribution in [0.2, 0.25) is 0 Å². The van der Waals surface area contributed by atoms with Gasteiger partial charge in [0, 0.05) is 25.7 Å². The molecule has 0 saturated carbocycles. The van der Waals surface area contributed by atoms with Gasteiger partial charge in [-0.2, -0.15) is 0 Å². The topological polar surface area (TPSA) is 40.6 Å². The number of amides is 2. The Bertz CT molecular complexity index is 519. The standard InChI is InChI=1S/C16H22N2O2/c1-12-7-6-8-15(13(12)2)18(14(3)19)11-16(20)17-9-4-5-10-17/h6-8H,4-5,9-11H2,1-3H3. The Kier molecular flexibility index (Phi) is 4.42. The van der Waals surface area contributed by atoms with Crippen LogP contribution >= 0.6 is 0 Å². The van der Waals surface area contributed by atoms with E-state index < -0.39 is 0 Å². The second-order valence-corrected chi connectivity index (χ2v) is 5.41. The predicted molar refractivity (Wildman–Crippen MR) is 79.8 cm³/mol. The number of aryl methyl sites for hydroxylation is 1. The van der Waals surface area contributed by atoms with Crippen LogP contribution in [-0.2, 0) is 9.59 Å². The minimum absolute atomic E-state index is 0.0404. The molecule has 0 radical (unpaired) electrons. The predicted octanol–water partition coefficient (Wildman–Crippen LogP) is 2.28. The van der Waals surface area contributed by atoms with Gasteiger partial charge in [0.25, 0.3) is 0 Å². The molecule has 1 saturated heterocycles. The quantitative estimate of drug-likeness (QED) is 0.848. The average molecular weight is 274 g/mol. The van der Waals surface area contributed by atoms with Crippen LogP contribution in [0.25, 0.3) is 0 Å². The van der Waals surface area contributed by atoms with E-state index in [1.807, 2.05) is 36.9 Å². The van der Waals surface area contributed by atoms with Crippen molar-refractivity contribution in [2.45, 2.75) is 33.6 Å². The highest BCUT2D eigenvalue weighted by atomic mass is 16.2. The minimum Gasteiger partial charge on any atom is -0.341 e. The number of carbonyl (C=O) groups excluding carboxylic acids is 2. The second-order valence-electron chi connectivity index (χ2n) is 5.41. The van der Waals surface area contributed by atoms with Gasteiger partial charge in [0.05, 0.1) is 0 Å². The van der Waals surface area contributed by atoms with Crippen molar-refractivity contribution in [3.8, 4) is 0 Å². The average Bonchev–Trinajstić information content (AvgIpc) is 2.93. The fourth-order valence-electron chi connectivity index (χ4n) is 2.60. The lowest BCUT2D eigenvalue weighted by molar-refractivity contribution is -0.130. The van der Waals surface area contributed by atoms with E-state index in [9.17, 15) is 9.59 Å².